The van der Waals surface area contributed by atoms with Crippen LogP contribution in [0.5, 0.6) is 0 Å². The molecule has 1 aromatic rings. The third-order valence-electron chi connectivity index (χ3n) is 1.73. The highest BCUT2D eigenvalue weighted by Crippen LogP contribution is 2.24. The Morgan fingerprint density at radius 3 is 2.79 bits per heavy atom. The first-order chi connectivity index (χ1) is 6.65. The molecule has 1 aromatic heterocycles. The quantitative estimate of drug-likeness (QED) is 0.345. The average molecular weight is 212 g/mol. The minimum absolute atomic E-state index is 0.656. The molecule has 0 radical (unpaired) electrons. The van der Waals surface area contributed by atoms with Crippen LogP contribution in [0.3, 0.4) is 0 Å². The van der Waals surface area contributed by atoms with Gasteiger partial charge in [0.05, 0.1) is 0 Å². The fourth-order valence-corrected chi connectivity index (χ4v) is 1.90. The van der Waals surface area contributed by atoms with Crippen LogP contribution in [0.15, 0.2) is 11.4 Å². The Kier molecular flexibility index (Phi) is 4.16. The lowest BCUT2D eigenvalue weighted by Gasteiger charge is -2.09. The van der Waals surface area contributed by atoms with Gasteiger partial charge in [0, 0.05) is 11.3 Å². The van der Waals surface area contributed by atoms with Crippen LogP contribution in [0.2, 0.25) is 0 Å². The van der Waals surface area contributed by atoms with E-state index in [9.17, 15) is 0 Å². The number of hydrazine groups is 1. The lowest BCUT2D eigenvalue weighted by atomic mass is 10.3. The summed E-state index contributed by atoms with van der Waals surface area (Å²) in [6.07, 6.45) is 1.53. The number of nitrogens with two attached hydrogens (primary N) is 1. The van der Waals surface area contributed by atoms with Crippen LogP contribution in [0.1, 0.15) is 19.4 Å². The Morgan fingerprint density at radius 1 is 1.50 bits per heavy atom. The first-order valence-corrected chi connectivity index (χ1v) is 5.54. The van der Waals surface area contributed by atoms with Gasteiger partial charge in [0.15, 0.2) is 0 Å². The highest BCUT2D eigenvalue weighted by Gasteiger charge is 2.06. The van der Waals surface area contributed by atoms with Gasteiger partial charge in [-0.3, -0.25) is 0 Å². The number of rotatable bonds is 4. The summed E-state index contributed by atoms with van der Waals surface area (Å²) in [5, 5.41) is 1.00. The van der Waals surface area contributed by atoms with E-state index < -0.39 is 0 Å². The summed E-state index contributed by atoms with van der Waals surface area (Å²) in [4.78, 5) is 8.24. The molecular formula is C9H16N4S. The van der Waals surface area contributed by atoms with Crippen LogP contribution in [-0.4, -0.2) is 15.7 Å². The molecule has 0 bridgehead atoms. The summed E-state index contributed by atoms with van der Waals surface area (Å²) in [5.41, 5.74) is 3.57. The smallest absolute Gasteiger partial charge is 0.147 e. The number of nitrogens with one attached hydrogen (secondary N) is 1. The summed E-state index contributed by atoms with van der Waals surface area (Å²) < 4.78 is 0. The van der Waals surface area contributed by atoms with Crippen molar-refractivity contribution in [2.24, 2.45) is 11.8 Å². The van der Waals surface area contributed by atoms with Gasteiger partial charge in [-0.2, -0.15) is 0 Å². The molecule has 0 aliphatic heterocycles. The van der Waals surface area contributed by atoms with E-state index in [0.29, 0.717) is 11.7 Å². The van der Waals surface area contributed by atoms with Crippen molar-refractivity contribution in [2.75, 3.05) is 11.2 Å². The predicted octanol–water partition coefficient (Wildman–Crippen LogP) is 1.82. The first kappa shape index (κ1) is 11.3. The summed E-state index contributed by atoms with van der Waals surface area (Å²) in [5.74, 6) is 7.74. The Bertz CT molecular complexity index is 301. The van der Waals surface area contributed by atoms with E-state index in [1.54, 1.807) is 11.8 Å². The molecular weight excluding hydrogens is 196 g/mol. The molecule has 0 aliphatic carbocycles. The van der Waals surface area contributed by atoms with Gasteiger partial charge in [-0.1, -0.05) is 13.8 Å². The fraction of sp³-hybridized carbons (Fsp3) is 0.556. The topological polar surface area (TPSA) is 63.8 Å². The SMILES string of the molecule is Cc1c(NN)ncnc1SCC(C)C. The van der Waals surface area contributed by atoms with E-state index in [1.807, 2.05) is 6.92 Å². The molecule has 0 saturated heterocycles. The molecule has 4 nitrogen and oxygen atoms in total. The molecule has 5 heteroatoms. The number of nitrogen functional groups attached to an aromatic ring is 1. The standard InChI is InChI=1S/C9H16N4S/c1-6(2)4-14-9-7(3)8(13-10)11-5-12-9/h5-6H,4,10H2,1-3H3,(H,11,12,13). The highest BCUT2D eigenvalue weighted by molar-refractivity contribution is 7.99. The number of anilines is 1. The number of hydrogen-bond acceptors (Lipinski definition) is 5. The Morgan fingerprint density at radius 2 is 2.21 bits per heavy atom. The Balaban J connectivity index is 2.76. The van der Waals surface area contributed by atoms with Gasteiger partial charge in [0.25, 0.3) is 0 Å². The Hall–Kier alpha value is -0.810. The minimum Gasteiger partial charge on any atom is -0.308 e. The van der Waals surface area contributed by atoms with E-state index in [1.165, 1.54) is 6.33 Å². The molecule has 0 amide bonds. The molecule has 0 spiro atoms. The van der Waals surface area contributed by atoms with Gasteiger partial charge in [-0.15, -0.1) is 11.8 Å². The second kappa shape index (κ2) is 5.17. The third-order valence-corrected chi connectivity index (χ3v) is 3.25. The van der Waals surface area contributed by atoms with Gasteiger partial charge in [-0.05, 0) is 12.8 Å². The van der Waals surface area contributed by atoms with Crippen molar-refractivity contribution >= 4 is 17.6 Å². The molecule has 3 N–H and O–H groups in total. The zero-order valence-electron chi connectivity index (χ0n) is 8.74. The molecule has 0 aliphatic rings. The lowest BCUT2D eigenvalue weighted by Crippen LogP contribution is -2.11. The summed E-state index contributed by atoms with van der Waals surface area (Å²) in [6, 6.07) is 0. The average Bonchev–Trinajstić information content (AvgIpc) is 2.16. The molecule has 14 heavy (non-hydrogen) atoms. The van der Waals surface area contributed by atoms with Crippen LogP contribution in [0.4, 0.5) is 5.82 Å². The normalized spacial score (nSPS) is 10.6. The van der Waals surface area contributed by atoms with Gasteiger partial charge < -0.3 is 5.43 Å². The zero-order valence-corrected chi connectivity index (χ0v) is 9.56. The van der Waals surface area contributed by atoms with E-state index in [0.717, 1.165) is 16.3 Å². The van der Waals surface area contributed by atoms with Crippen molar-refractivity contribution in [1.82, 2.24) is 9.97 Å². The highest BCUT2D eigenvalue weighted by atomic mass is 32.2. The van der Waals surface area contributed by atoms with E-state index in [4.69, 9.17) is 5.84 Å². The monoisotopic (exact) mass is 212 g/mol. The third kappa shape index (κ3) is 2.85. The second-order valence-corrected chi connectivity index (χ2v) is 4.51. The fourth-order valence-electron chi connectivity index (χ4n) is 0.971. The van der Waals surface area contributed by atoms with Crippen molar-refractivity contribution < 1.29 is 0 Å². The minimum atomic E-state index is 0.656. The van der Waals surface area contributed by atoms with E-state index in [-0.39, 0.29) is 0 Å². The number of thioether (sulfide) groups is 1. The van der Waals surface area contributed by atoms with Crippen molar-refractivity contribution in [2.45, 2.75) is 25.8 Å². The van der Waals surface area contributed by atoms with Crippen molar-refractivity contribution in [3.63, 3.8) is 0 Å². The van der Waals surface area contributed by atoms with Crippen LogP contribution < -0.4 is 11.3 Å². The largest absolute Gasteiger partial charge is 0.308 e. The summed E-state index contributed by atoms with van der Waals surface area (Å²) >= 11 is 1.74. The molecule has 0 atom stereocenters. The van der Waals surface area contributed by atoms with Gasteiger partial charge >= 0.3 is 0 Å². The van der Waals surface area contributed by atoms with Gasteiger partial charge in [-0.25, -0.2) is 15.8 Å². The maximum atomic E-state index is 5.33. The van der Waals surface area contributed by atoms with Gasteiger partial charge in [0.1, 0.15) is 17.2 Å². The Labute approximate surface area is 88.7 Å². The molecule has 0 unspecified atom stereocenters. The number of nitrogens with zero attached hydrogens (tertiary/aromatic N) is 2. The van der Waals surface area contributed by atoms with Crippen LogP contribution in [0.25, 0.3) is 0 Å². The number of aromatic nitrogens is 2. The van der Waals surface area contributed by atoms with Crippen molar-refractivity contribution in [3.8, 4) is 0 Å². The van der Waals surface area contributed by atoms with Crippen molar-refractivity contribution in [1.29, 1.82) is 0 Å². The van der Waals surface area contributed by atoms with E-state index in [2.05, 4.69) is 29.2 Å². The van der Waals surface area contributed by atoms with Crippen LogP contribution in [-0.2, 0) is 0 Å². The molecule has 1 rings (SSSR count). The summed E-state index contributed by atoms with van der Waals surface area (Å²) in [6.45, 7) is 6.34. The maximum absolute atomic E-state index is 5.33. The van der Waals surface area contributed by atoms with Crippen LogP contribution in [0, 0.1) is 12.8 Å². The first-order valence-electron chi connectivity index (χ1n) is 4.56. The molecule has 1 heterocycles. The van der Waals surface area contributed by atoms with Crippen LogP contribution >= 0.6 is 11.8 Å². The van der Waals surface area contributed by atoms with Crippen molar-refractivity contribution in [3.05, 3.63) is 11.9 Å². The zero-order chi connectivity index (χ0) is 10.6. The molecule has 78 valence electrons. The predicted molar refractivity (Wildman–Crippen MR) is 60.1 cm³/mol. The number of hydrogen-bond donors (Lipinski definition) is 2. The van der Waals surface area contributed by atoms with E-state index >= 15 is 0 Å². The molecule has 0 saturated carbocycles. The lowest BCUT2D eigenvalue weighted by molar-refractivity contribution is 0.749. The molecule has 0 fully saturated rings. The maximum Gasteiger partial charge on any atom is 0.147 e. The summed E-state index contributed by atoms with van der Waals surface area (Å²) in [7, 11) is 0. The second-order valence-electron chi connectivity index (χ2n) is 3.50. The van der Waals surface area contributed by atoms with Gasteiger partial charge in [0.2, 0.25) is 0 Å². The molecule has 0 aromatic carbocycles.